The molecule has 10 heteroatoms. The van der Waals surface area contributed by atoms with Gasteiger partial charge in [0, 0.05) is 11.9 Å². The molecule has 2 aromatic heterocycles. The van der Waals surface area contributed by atoms with Crippen LogP contribution in [0.3, 0.4) is 0 Å². The number of anilines is 1. The van der Waals surface area contributed by atoms with Crippen LogP contribution in [0.4, 0.5) is 23.2 Å². The Morgan fingerprint density at radius 2 is 1.70 bits per heavy atom. The quantitative estimate of drug-likeness (QED) is 0.210. The van der Waals surface area contributed by atoms with Crippen molar-refractivity contribution < 1.29 is 27.5 Å². The Morgan fingerprint density at radius 3 is 2.35 bits per heavy atom. The Morgan fingerprint density at radius 1 is 0.975 bits per heavy atom. The molecule has 0 aliphatic carbocycles. The molecule has 0 aliphatic heterocycles. The molecule has 0 amide bonds. The molecule has 0 bridgehead atoms. The Labute approximate surface area is 226 Å². The highest BCUT2D eigenvalue weighted by atomic mass is 19.4. The number of nitrogens with zero attached hydrogens (tertiary/aromatic N) is 3. The summed E-state index contributed by atoms with van der Waals surface area (Å²) in [6.45, 7) is 1.72. The molecule has 1 atom stereocenters. The molecule has 6 nitrogen and oxygen atoms in total. The van der Waals surface area contributed by atoms with Crippen LogP contribution in [0.1, 0.15) is 29.4 Å². The number of aliphatic carboxylic acids is 1. The summed E-state index contributed by atoms with van der Waals surface area (Å²) in [5.74, 6) is -1.64. The molecule has 0 saturated heterocycles. The molecule has 0 spiro atoms. The molecule has 0 fully saturated rings. The summed E-state index contributed by atoms with van der Waals surface area (Å²) in [5, 5.41) is 18.3. The van der Waals surface area contributed by atoms with Crippen molar-refractivity contribution in [2.75, 3.05) is 5.32 Å². The zero-order valence-corrected chi connectivity index (χ0v) is 21.3. The van der Waals surface area contributed by atoms with E-state index >= 15 is 0 Å². The van der Waals surface area contributed by atoms with E-state index in [0.29, 0.717) is 22.4 Å². The minimum absolute atomic E-state index is 0.0354. The van der Waals surface area contributed by atoms with Crippen LogP contribution in [-0.4, -0.2) is 25.7 Å². The van der Waals surface area contributed by atoms with Gasteiger partial charge < -0.3 is 10.4 Å². The van der Waals surface area contributed by atoms with Gasteiger partial charge in [0.25, 0.3) is 0 Å². The van der Waals surface area contributed by atoms with Gasteiger partial charge in [-0.3, -0.25) is 4.79 Å². The molecule has 40 heavy (non-hydrogen) atoms. The van der Waals surface area contributed by atoms with E-state index in [1.807, 2.05) is 30.3 Å². The van der Waals surface area contributed by atoms with E-state index in [-0.39, 0.29) is 24.3 Å². The smallest absolute Gasteiger partial charge is 0.416 e. The van der Waals surface area contributed by atoms with Gasteiger partial charge in [0.2, 0.25) is 0 Å². The summed E-state index contributed by atoms with van der Waals surface area (Å²) < 4.78 is 55.1. The summed E-state index contributed by atoms with van der Waals surface area (Å²) in [4.78, 5) is 17.1. The Kier molecular flexibility index (Phi) is 7.01. The van der Waals surface area contributed by atoms with E-state index in [4.69, 9.17) is 5.10 Å². The molecule has 0 radical (unpaired) electrons. The molecule has 2 heterocycles. The average Bonchev–Trinajstić information content (AvgIpc) is 3.30. The van der Waals surface area contributed by atoms with Gasteiger partial charge in [-0.05, 0) is 66.9 Å². The summed E-state index contributed by atoms with van der Waals surface area (Å²) in [7, 11) is 0. The van der Waals surface area contributed by atoms with E-state index in [9.17, 15) is 27.5 Å². The first-order valence-electron chi connectivity index (χ1n) is 12.4. The van der Waals surface area contributed by atoms with Crippen LogP contribution in [0.2, 0.25) is 0 Å². The number of nitrogens with one attached hydrogen (secondary N) is 1. The fourth-order valence-electron chi connectivity index (χ4n) is 4.72. The number of benzene rings is 3. The first-order chi connectivity index (χ1) is 19.1. The third kappa shape index (κ3) is 5.25. The van der Waals surface area contributed by atoms with Gasteiger partial charge in [-0.25, -0.2) is 13.9 Å². The number of para-hydroxylation sites is 1. The normalized spacial score (nSPS) is 13.2. The molecule has 5 rings (SSSR count). The summed E-state index contributed by atoms with van der Waals surface area (Å²) in [6.07, 6.45) is -3.09. The van der Waals surface area contributed by atoms with Crippen molar-refractivity contribution in [3.05, 3.63) is 119 Å². The number of alkyl halides is 3. The molecule has 3 aromatic carbocycles. The van der Waals surface area contributed by atoms with E-state index in [1.165, 1.54) is 48.0 Å². The number of rotatable bonds is 8. The summed E-state index contributed by atoms with van der Waals surface area (Å²) >= 11 is 0. The molecule has 204 valence electrons. The number of fused-ring (bicyclic) bond motifs is 1. The van der Waals surface area contributed by atoms with Crippen LogP contribution in [0.25, 0.3) is 16.8 Å². The molecular weight excluding hydrogens is 524 g/mol. The largest absolute Gasteiger partial charge is 0.481 e. The monoisotopic (exact) mass is 548 g/mol. The van der Waals surface area contributed by atoms with Gasteiger partial charge in [0.15, 0.2) is 5.65 Å². The number of carboxylic acid groups (broad SMARTS) is 1. The van der Waals surface area contributed by atoms with E-state index in [1.54, 1.807) is 12.1 Å². The highest BCUT2D eigenvalue weighted by molar-refractivity contribution is 5.83. The van der Waals surface area contributed by atoms with Crippen LogP contribution in [0, 0.1) is 5.82 Å². The Bertz CT molecular complexity index is 1670. The van der Waals surface area contributed by atoms with Crippen molar-refractivity contribution in [2.45, 2.75) is 31.5 Å². The third-order valence-electron chi connectivity index (χ3n) is 6.81. The van der Waals surface area contributed by atoms with Gasteiger partial charge >= 0.3 is 12.1 Å². The molecular formula is C30H24F4N4O2. The van der Waals surface area contributed by atoms with E-state index in [2.05, 4.69) is 10.3 Å². The molecule has 5 aromatic rings. The maximum atomic E-state index is 13.9. The van der Waals surface area contributed by atoms with Crippen molar-refractivity contribution in [3.8, 4) is 11.1 Å². The lowest BCUT2D eigenvalue weighted by Gasteiger charge is -2.26. The fraction of sp³-hybridized carbons (Fsp3) is 0.167. The van der Waals surface area contributed by atoms with Crippen molar-refractivity contribution in [3.63, 3.8) is 0 Å². The van der Waals surface area contributed by atoms with Crippen molar-refractivity contribution >= 4 is 17.3 Å². The highest BCUT2D eigenvalue weighted by Gasteiger charge is 2.39. The summed E-state index contributed by atoms with van der Waals surface area (Å²) in [6, 6.07) is 21.2. The minimum atomic E-state index is -4.50. The number of halogens is 4. The lowest BCUT2D eigenvalue weighted by atomic mass is 9.80. The number of aromatic nitrogens is 3. The zero-order valence-electron chi connectivity index (χ0n) is 21.3. The van der Waals surface area contributed by atoms with Crippen LogP contribution < -0.4 is 5.32 Å². The fourth-order valence-corrected chi connectivity index (χ4v) is 4.72. The topological polar surface area (TPSA) is 79.5 Å². The van der Waals surface area contributed by atoms with Crippen molar-refractivity contribution in [1.29, 1.82) is 0 Å². The van der Waals surface area contributed by atoms with Crippen LogP contribution in [0.15, 0.2) is 91.1 Å². The Balaban J connectivity index is 1.66. The second kappa shape index (κ2) is 10.4. The van der Waals surface area contributed by atoms with Gasteiger partial charge in [0.05, 0.1) is 29.1 Å². The summed E-state index contributed by atoms with van der Waals surface area (Å²) in [5.41, 5.74) is 0.895. The number of hydrogen-bond donors (Lipinski definition) is 2. The van der Waals surface area contributed by atoms with Crippen LogP contribution in [0.5, 0.6) is 0 Å². The maximum Gasteiger partial charge on any atom is 0.416 e. The average molecular weight is 549 g/mol. The van der Waals surface area contributed by atoms with E-state index in [0.717, 1.165) is 17.8 Å². The van der Waals surface area contributed by atoms with E-state index < -0.39 is 28.9 Å². The number of hydrogen-bond acceptors (Lipinski definition) is 4. The van der Waals surface area contributed by atoms with Crippen molar-refractivity contribution in [1.82, 2.24) is 14.6 Å². The van der Waals surface area contributed by atoms with Crippen LogP contribution in [-0.2, 0) is 29.4 Å². The Hall–Kier alpha value is -4.73. The van der Waals surface area contributed by atoms with Gasteiger partial charge in [-0.15, -0.1) is 0 Å². The number of carboxylic acids is 1. The standard InChI is InChI=1S/C30H24F4N4O2/c1-29(28(39)40,17-19-6-5-7-22(31)16-19)25-14-15-35-27-26(20-10-12-21(13-11-20)30(32,33)34)24(37-38(25)27)18-36-23-8-3-2-4-9-23/h2-16,36H,17-18H2,1H3,(H,39,40)/t29-/m1/s1. The third-order valence-corrected chi connectivity index (χ3v) is 6.81. The van der Waals surface area contributed by atoms with Crippen LogP contribution >= 0.6 is 0 Å². The zero-order chi connectivity index (χ0) is 28.5. The minimum Gasteiger partial charge on any atom is -0.481 e. The molecule has 0 aliphatic rings. The lowest BCUT2D eigenvalue weighted by Crippen LogP contribution is -2.37. The van der Waals surface area contributed by atoms with Crippen molar-refractivity contribution in [2.24, 2.45) is 0 Å². The molecule has 2 N–H and O–H groups in total. The first-order valence-corrected chi connectivity index (χ1v) is 12.4. The lowest BCUT2D eigenvalue weighted by molar-refractivity contribution is -0.143. The van der Waals surface area contributed by atoms with Gasteiger partial charge in [0.1, 0.15) is 11.2 Å². The highest BCUT2D eigenvalue weighted by Crippen LogP contribution is 2.36. The first kappa shape index (κ1) is 26.9. The predicted molar refractivity (Wildman–Crippen MR) is 142 cm³/mol. The number of carbonyl (C=O) groups is 1. The predicted octanol–water partition coefficient (Wildman–Crippen LogP) is 6.75. The van der Waals surface area contributed by atoms with Gasteiger partial charge in [-0.2, -0.15) is 18.3 Å². The molecule has 0 unspecified atom stereocenters. The second-order valence-corrected chi connectivity index (χ2v) is 9.63. The molecule has 0 saturated carbocycles. The second-order valence-electron chi connectivity index (χ2n) is 9.63. The maximum absolute atomic E-state index is 13.9. The SMILES string of the molecule is C[C@](Cc1cccc(F)c1)(C(=O)O)c1ccnc2c(-c3ccc(C(F)(F)F)cc3)c(CNc3ccccc3)nn12. The van der Waals surface area contributed by atoms with Gasteiger partial charge in [-0.1, -0.05) is 42.5 Å².